The molecule has 0 aromatic heterocycles. The average molecular weight is 329 g/mol. The highest BCUT2D eigenvalue weighted by Crippen LogP contribution is 2.28. The van der Waals surface area contributed by atoms with Crippen LogP contribution < -0.4 is 5.73 Å². The van der Waals surface area contributed by atoms with Crippen molar-refractivity contribution in [3.05, 3.63) is 35.6 Å². The minimum absolute atomic E-state index is 0. The Morgan fingerprint density at radius 2 is 1.91 bits per heavy atom. The van der Waals surface area contributed by atoms with Crippen molar-refractivity contribution >= 4 is 18.3 Å². The minimum Gasteiger partial charge on any atom is -0.339 e. The lowest BCUT2D eigenvalue weighted by atomic mass is 9.82. The summed E-state index contributed by atoms with van der Waals surface area (Å²) in [5.41, 5.74) is 7.06. The number of nitrogens with two attached hydrogens (primary N) is 1. The Labute approximate surface area is 138 Å². The number of hydrogen-bond donors (Lipinski definition) is 1. The van der Waals surface area contributed by atoms with Crippen molar-refractivity contribution in [1.82, 2.24) is 4.90 Å². The Morgan fingerprint density at radius 1 is 1.32 bits per heavy atom. The molecule has 124 valence electrons. The lowest BCUT2D eigenvalue weighted by Crippen LogP contribution is -2.38. The molecule has 22 heavy (non-hydrogen) atoms. The fourth-order valence-corrected chi connectivity index (χ4v) is 3.04. The maximum atomic E-state index is 13.0. The van der Waals surface area contributed by atoms with E-state index in [9.17, 15) is 9.18 Å². The van der Waals surface area contributed by atoms with Gasteiger partial charge in [0.15, 0.2) is 0 Å². The summed E-state index contributed by atoms with van der Waals surface area (Å²) in [7, 11) is 1.81. The molecule has 0 saturated heterocycles. The fraction of sp³-hybridized carbons (Fsp3) is 0.588. The second-order valence-electron chi connectivity index (χ2n) is 6.14. The molecule has 1 fully saturated rings. The molecule has 0 aliphatic heterocycles. The van der Waals surface area contributed by atoms with Gasteiger partial charge < -0.3 is 10.6 Å². The molecule has 1 aromatic rings. The zero-order chi connectivity index (χ0) is 15.4. The van der Waals surface area contributed by atoms with E-state index in [1.54, 1.807) is 17.0 Å². The van der Waals surface area contributed by atoms with Crippen LogP contribution in [0.2, 0.25) is 0 Å². The monoisotopic (exact) mass is 328 g/mol. The topological polar surface area (TPSA) is 46.3 Å². The molecule has 1 saturated carbocycles. The molecule has 3 unspecified atom stereocenters. The summed E-state index contributed by atoms with van der Waals surface area (Å²) in [6.45, 7) is 1.96. The molecule has 2 rings (SSSR count). The molecule has 1 amide bonds. The van der Waals surface area contributed by atoms with E-state index in [1.807, 2.05) is 14.0 Å². The van der Waals surface area contributed by atoms with Crippen LogP contribution in [0, 0.1) is 11.7 Å². The van der Waals surface area contributed by atoms with Crippen molar-refractivity contribution in [1.29, 1.82) is 0 Å². The van der Waals surface area contributed by atoms with Crippen LogP contribution in [0.3, 0.4) is 0 Å². The highest BCUT2D eigenvalue weighted by molar-refractivity contribution is 5.85. The maximum Gasteiger partial charge on any atom is 0.223 e. The van der Waals surface area contributed by atoms with Crippen molar-refractivity contribution in [2.24, 2.45) is 11.7 Å². The molecule has 3 nitrogen and oxygen atoms in total. The SMILES string of the molecule is CC(c1ccc(F)cc1)N(C)C(=O)CC1CCCCC1N.Cl. The molecular weight excluding hydrogens is 303 g/mol. The van der Waals surface area contributed by atoms with E-state index in [0.717, 1.165) is 18.4 Å². The Kier molecular flexibility index (Phi) is 7.30. The van der Waals surface area contributed by atoms with Crippen LogP contribution in [0.1, 0.15) is 50.6 Å². The Bertz CT molecular complexity index is 480. The first-order valence-corrected chi connectivity index (χ1v) is 7.75. The summed E-state index contributed by atoms with van der Waals surface area (Å²) >= 11 is 0. The van der Waals surface area contributed by atoms with Gasteiger partial charge in [-0.2, -0.15) is 0 Å². The molecule has 0 heterocycles. The second-order valence-corrected chi connectivity index (χ2v) is 6.14. The van der Waals surface area contributed by atoms with Gasteiger partial charge in [-0.1, -0.05) is 25.0 Å². The van der Waals surface area contributed by atoms with Gasteiger partial charge in [0.25, 0.3) is 0 Å². The zero-order valence-corrected chi connectivity index (χ0v) is 14.1. The van der Waals surface area contributed by atoms with E-state index < -0.39 is 0 Å². The first-order valence-electron chi connectivity index (χ1n) is 7.75. The standard InChI is InChI=1S/C17H25FN2O.ClH/c1-12(13-7-9-15(18)10-8-13)20(2)17(21)11-14-5-3-4-6-16(14)19;/h7-10,12,14,16H,3-6,11,19H2,1-2H3;1H. The van der Waals surface area contributed by atoms with Crippen LogP contribution >= 0.6 is 12.4 Å². The van der Waals surface area contributed by atoms with E-state index in [-0.39, 0.29) is 36.2 Å². The van der Waals surface area contributed by atoms with Gasteiger partial charge in [0.2, 0.25) is 5.91 Å². The van der Waals surface area contributed by atoms with Crippen LogP contribution in [0.4, 0.5) is 4.39 Å². The van der Waals surface area contributed by atoms with Crippen LogP contribution in [-0.4, -0.2) is 23.9 Å². The number of rotatable bonds is 4. The highest BCUT2D eigenvalue weighted by atomic mass is 35.5. The van der Waals surface area contributed by atoms with Gasteiger partial charge in [0.05, 0.1) is 6.04 Å². The zero-order valence-electron chi connectivity index (χ0n) is 13.3. The van der Waals surface area contributed by atoms with Gasteiger partial charge in [0.1, 0.15) is 5.82 Å². The van der Waals surface area contributed by atoms with Crippen LogP contribution in [-0.2, 0) is 4.79 Å². The van der Waals surface area contributed by atoms with E-state index >= 15 is 0 Å². The maximum absolute atomic E-state index is 13.0. The average Bonchev–Trinajstić information content (AvgIpc) is 2.49. The highest BCUT2D eigenvalue weighted by Gasteiger charge is 2.27. The Morgan fingerprint density at radius 3 is 2.50 bits per heavy atom. The summed E-state index contributed by atoms with van der Waals surface area (Å²) in [4.78, 5) is 14.2. The molecule has 0 radical (unpaired) electrons. The number of carbonyl (C=O) groups is 1. The van der Waals surface area contributed by atoms with Crippen LogP contribution in [0.15, 0.2) is 24.3 Å². The number of benzene rings is 1. The number of carbonyl (C=O) groups excluding carboxylic acids is 1. The fourth-order valence-electron chi connectivity index (χ4n) is 3.04. The lowest BCUT2D eigenvalue weighted by molar-refractivity contribution is -0.133. The Balaban J connectivity index is 0.00000242. The first-order chi connectivity index (χ1) is 9.99. The molecule has 2 N–H and O–H groups in total. The van der Waals surface area contributed by atoms with E-state index in [2.05, 4.69) is 0 Å². The van der Waals surface area contributed by atoms with Gasteiger partial charge in [-0.05, 0) is 43.4 Å². The normalized spacial score (nSPS) is 22.5. The van der Waals surface area contributed by atoms with Crippen LogP contribution in [0.25, 0.3) is 0 Å². The second kappa shape index (κ2) is 8.49. The number of amides is 1. The lowest BCUT2D eigenvalue weighted by Gasteiger charge is -2.31. The van der Waals surface area contributed by atoms with Crippen molar-refractivity contribution in [3.8, 4) is 0 Å². The summed E-state index contributed by atoms with van der Waals surface area (Å²) in [6, 6.07) is 6.42. The van der Waals surface area contributed by atoms with Gasteiger partial charge in [-0.15, -0.1) is 12.4 Å². The predicted octanol–water partition coefficient (Wildman–Crippen LogP) is 3.67. The Hall–Kier alpha value is -1.13. The molecule has 0 spiro atoms. The van der Waals surface area contributed by atoms with Gasteiger partial charge >= 0.3 is 0 Å². The third kappa shape index (κ3) is 4.68. The smallest absolute Gasteiger partial charge is 0.223 e. The van der Waals surface area contributed by atoms with E-state index in [0.29, 0.717) is 12.3 Å². The van der Waals surface area contributed by atoms with Gasteiger partial charge in [-0.25, -0.2) is 4.39 Å². The molecule has 3 atom stereocenters. The van der Waals surface area contributed by atoms with Crippen molar-refractivity contribution in [2.45, 2.75) is 51.1 Å². The van der Waals surface area contributed by atoms with Gasteiger partial charge in [-0.3, -0.25) is 4.79 Å². The van der Waals surface area contributed by atoms with Gasteiger partial charge in [0, 0.05) is 19.5 Å². The molecule has 0 bridgehead atoms. The quantitative estimate of drug-likeness (QED) is 0.916. The predicted molar refractivity (Wildman–Crippen MR) is 89.4 cm³/mol. The largest absolute Gasteiger partial charge is 0.339 e. The molecule has 1 aliphatic rings. The first kappa shape index (κ1) is 18.9. The molecule has 1 aromatic carbocycles. The summed E-state index contributed by atoms with van der Waals surface area (Å²) in [6.07, 6.45) is 4.93. The van der Waals surface area contributed by atoms with E-state index in [1.165, 1.54) is 25.0 Å². The molecule has 5 heteroatoms. The number of halogens is 2. The van der Waals surface area contributed by atoms with Crippen molar-refractivity contribution in [3.63, 3.8) is 0 Å². The van der Waals surface area contributed by atoms with Crippen molar-refractivity contribution < 1.29 is 9.18 Å². The van der Waals surface area contributed by atoms with Crippen LogP contribution in [0.5, 0.6) is 0 Å². The van der Waals surface area contributed by atoms with Crippen molar-refractivity contribution in [2.75, 3.05) is 7.05 Å². The third-order valence-corrected chi connectivity index (χ3v) is 4.73. The minimum atomic E-state index is -0.256. The third-order valence-electron chi connectivity index (χ3n) is 4.73. The molecule has 1 aliphatic carbocycles. The summed E-state index contributed by atoms with van der Waals surface area (Å²) in [5, 5.41) is 0. The number of nitrogens with zero attached hydrogens (tertiary/aromatic N) is 1. The summed E-state index contributed by atoms with van der Waals surface area (Å²) < 4.78 is 13.0. The summed E-state index contributed by atoms with van der Waals surface area (Å²) in [5.74, 6) is 0.163. The number of hydrogen-bond acceptors (Lipinski definition) is 2. The molecular formula is C17H26ClFN2O. The van der Waals surface area contributed by atoms with E-state index in [4.69, 9.17) is 5.73 Å².